The second-order valence-corrected chi connectivity index (χ2v) is 3.74. The van der Waals surface area contributed by atoms with E-state index in [1.165, 1.54) is 12.4 Å². The minimum absolute atomic E-state index is 0.345. The van der Waals surface area contributed by atoms with Crippen LogP contribution in [-0.2, 0) is 0 Å². The largest absolute Gasteiger partial charge is 0.573 e. The van der Waals surface area contributed by atoms with Gasteiger partial charge in [-0.25, -0.2) is 14.4 Å². The summed E-state index contributed by atoms with van der Waals surface area (Å²) in [5.74, 6) is -1.98. The lowest BCUT2D eigenvalue weighted by molar-refractivity contribution is -0.275. The van der Waals surface area contributed by atoms with Crippen LogP contribution in [-0.4, -0.2) is 16.3 Å². The summed E-state index contributed by atoms with van der Waals surface area (Å²) in [4.78, 5) is 7.79. The maximum atomic E-state index is 13.5. The molecule has 7 heteroatoms. The lowest BCUT2D eigenvalue weighted by Crippen LogP contribution is -2.17. The molecule has 2 rings (SSSR count). The number of alkyl halides is 3. The molecule has 1 aromatic carbocycles. The van der Waals surface area contributed by atoms with E-state index in [9.17, 15) is 17.6 Å². The van der Waals surface area contributed by atoms with Crippen LogP contribution in [0.15, 0.2) is 30.6 Å². The number of hydrogen-bond donors (Lipinski definition) is 0. The Kier molecular flexibility index (Phi) is 3.37. The summed E-state index contributed by atoms with van der Waals surface area (Å²) in [5.41, 5.74) is 1.43. The molecule has 0 spiro atoms. The first-order chi connectivity index (χ1) is 8.85. The Morgan fingerprint density at radius 2 is 1.84 bits per heavy atom. The molecule has 0 aliphatic heterocycles. The Bertz CT molecular complexity index is 599. The van der Waals surface area contributed by atoms with Crippen molar-refractivity contribution in [3.8, 4) is 17.0 Å². The van der Waals surface area contributed by atoms with Gasteiger partial charge in [0, 0.05) is 11.3 Å². The Balaban J connectivity index is 2.34. The molecule has 0 saturated carbocycles. The third-order valence-electron chi connectivity index (χ3n) is 2.26. The van der Waals surface area contributed by atoms with Gasteiger partial charge in [-0.1, -0.05) is 0 Å². The van der Waals surface area contributed by atoms with E-state index in [2.05, 4.69) is 14.7 Å². The summed E-state index contributed by atoms with van der Waals surface area (Å²) in [5, 5.41) is 0. The fourth-order valence-corrected chi connectivity index (χ4v) is 1.48. The van der Waals surface area contributed by atoms with Crippen LogP contribution in [0.2, 0.25) is 0 Å². The Morgan fingerprint density at radius 3 is 2.42 bits per heavy atom. The maximum Gasteiger partial charge on any atom is 0.573 e. The van der Waals surface area contributed by atoms with Crippen molar-refractivity contribution < 1.29 is 22.3 Å². The van der Waals surface area contributed by atoms with Gasteiger partial charge in [0.15, 0.2) is 11.6 Å². The van der Waals surface area contributed by atoms with E-state index >= 15 is 0 Å². The second-order valence-electron chi connectivity index (χ2n) is 3.74. The molecule has 0 aliphatic rings. The minimum atomic E-state index is -4.92. The van der Waals surface area contributed by atoms with Crippen LogP contribution in [0.1, 0.15) is 5.69 Å². The van der Waals surface area contributed by atoms with E-state index in [1.807, 2.05) is 0 Å². The summed E-state index contributed by atoms with van der Waals surface area (Å²) >= 11 is 0. The molecule has 0 fully saturated rings. The molecule has 100 valence electrons. The zero-order valence-electron chi connectivity index (χ0n) is 9.70. The Hall–Kier alpha value is -2.18. The molecule has 0 bridgehead atoms. The van der Waals surface area contributed by atoms with Crippen molar-refractivity contribution in [3.63, 3.8) is 0 Å². The quantitative estimate of drug-likeness (QED) is 0.785. The number of aryl methyl sites for hydroxylation is 1. The van der Waals surface area contributed by atoms with Crippen molar-refractivity contribution in [1.29, 1.82) is 0 Å². The summed E-state index contributed by atoms with van der Waals surface area (Å²) in [6.45, 7) is 1.72. The van der Waals surface area contributed by atoms with Gasteiger partial charge in [-0.2, -0.15) is 0 Å². The monoisotopic (exact) mass is 272 g/mol. The summed E-state index contributed by atoms with van der Waals surface area (Å²) in [6.07, 6.45) is -3.63. The van der Waals surface area contributed by atoms with Crippen molar-refractivity contribution in [1.82, 2.24) is 9.97 Å². The number of hydrogen-bond acceptors (Lipinski definition) is 3. The van der Waals surface area contributed by atoms with Crippen LogP contribution in [0.25, 0.3) is 11.3 Å². The third-order valence-corrected chi connectivity index (χ3v) is 2.26. The molecule has 1 aromatic heterocycles. The molecule has 0 radical (unpaired) electrons. The van der Waals surface area contributed by atoms with Crippen molar-refractivity contribution in [2.24, 2.45) is 0 Å². The molecular formula is C12H8F4N2O. The normalized spacial score (nSPS) is 11.4. The molecule has 1 heterocycles. The van der Waals surface area contributed by atoms with Crippen LogP contribution >= 0.6 is 0 Å². The van der Waals surface area contributed by atoms with E-state index in [0.29, 0.717) is 17.0 Å². The van der Waals surface area contributed by atoms with Crippen molar-refractivity contribution in [3.05, 3.63) is 42.1 Å². The summed E-state index contributed by atoms with van der Waals surface area (Å²) in [7, 11) is 0. The standard InChI is InChI=1S/C12H8F4N2O/c1-7-4-10(18-6-17-7)8-2-3-11(9(13)5-8)19-12(14,15)16/h2-6H,1H3. The maximum absolute atomic E-state index is 13.5. The van der Waals surface area contributed by atoms with Crippen molar-refractivity contribution in [2.75, 3.05) is 0 Å². The van der Waals surface area contributed by atoms with E-state index in [1.54, 1.807) is 13.0 Å². The predicted molar refractivity (Wildman–Crippen MR) is 58.8 cm³/mol. The topological polar surface area (TPSA) is 35.0 Å². The lowest BCUT2D eigenvalue weighted by Gasteiger charge is -2.10. The molecule has 0 saturated heterocycles. The molecule has 0 aliphatic carbocycles. The second kappa shape index (κ2) is 4.83. The van der Waals surface area contributed by atoms with E-state index < -0.39 is 17.9 Å². The fraction of sp³-hybridized carbons (Fsp3) is 0.167. The summed E-state index contributed by atoms with van der Waals surface area (Å²) in [6, 6.07) is 4.74. The summed E-state index contributed by atoms with van der Waals surface area (Å²) < 4.78 is 53.0. The molecular weight excluding hydrogens is 264 g/mol. The van der Waals surface area contributed by atoms with Gasteiger partial charge in [0.25, 0.3) is 0 Å². The number of ether oxygens (including phenoxy) is 1. The SMILES string of the molecule is Cc1cc(-c2ccc(OC(F)(F)F)c(F)c2)ncn1. The fourth-order valence-electron chi connectivity index (χ4n) is 1.48. The lowest BCUT2D eigenvalue weighted by atomic mass is 10.1. The molecule has 0 amide bonds. The number of nitrogens with zero attached hydrogens (tertiary/aromatic N) is 2. The highest BCUT2D eigenvalue weighted by Crippen LogP contribution is 2.28. The predicted octanol–water partition coefficient (Wildman–Crippen LogP) is 3.49. The Morgan fingerprint density at radius 1 is 1.11 bits per heavy atom. The van der Waals surface area contributed by atoms with Crippen LogP contribution < -0.4 is 4.74 Å². The number of halogens is 4. The molecule has 19 heavy (non-hydrogen) atoms. The molecule has 0 unspecified atom stereocenters. The first-order valence-corrected chi connectivity index (χ1v) is 5.19. The zero-order chi connectivity index (χ0) is 14.0. The third kappa shape index (κ3) is 3.40. The molecule has 0 atom stereocenters. The van der Waals surface area contributed by atoms with Crippen LogP contribution in [0, 0.1) is 12.7 Å². The first kappa shape index (κ1) is 13.3. The molecule has 0 N–H and O–H groups in total. The van der Waals surface area contributed by atoms with Gasteiger partial charge >= 0.3 is 6.36 Å². The minimum Gasteiger partial charge on any atom is -0.403 e. The van der Waals surface area contributed by atoms with Gasteiger partial charge in [-0.05, 0) is 31.2 Å². The van der Waals surface area contributed by atoms with Gasteiger partial charge in [0.05, 0.1) is 5.69 Å². The highest BCUT2D eigenvalue weighted by molar-refractivity contribution is 5.60. The molecule has 2 aromatic rings. The van der Waals surface area contributed by atoms with E-state index in [4.69, 9.17) is 0 Å². The number of aromatic nitrogens is 2. The van der Waals surface area contributed by atoms with Gasteiger partial charge in [-0.3, -0.25) is 0 Å². The molecule has 3 nitrogen and oxygen atoms in total. The van der Waals surface area contributed by atoms with Crippen molar-refractivity contribution >= 4 is 0 Å². The van der Waals surface area contributed by atoms with Gasteiger partial charge in [-0.15, -0.1) is 13.2 Å². The van der Waals surface area contributed by atoms with E-state index in [0.717, 1.165) is 12.1 Å². The van der Waals surface area contributed by atoms with Gasteiger partial charge < -0.3 is 4.74 Å². The average molecular weight is 272 g/mol. The van der Waals surface area contributed by atoms with Crippen LogP contribution in [0.4, 0.5) is 17.6 Å². The van der Waals surface area contributed by atoms with Gasteiger partial charge in [0.1, 0.15) is 6.33 Å². The first-order valence-electron chi connectivity index (χ1n) is 5.19. The van der Waals surface area contributed by atoms with Crippen molar-refractivity contribution in [2.45, 2.75) is 13.3 Å². The average Bonchev–Trinajstić information content (AvgIpc) is 2.30. The number of benzene rings is 1. The number of rotatable bonds is 2. The Labute approximate surface area is 105 Å². The van der Waals surface area contributed by atoms with Crippen LogP contribution in [0.5, 0.6) is 5.75 Å². The van der Waals surface area contributed by atoms with Gasteiger partial charge in [0.2, 0.25) is 0 Å². The van der Waals surface area contributed by atoms with Crippen LogP contribution in [0.3, 0.4) is 0 Å². The van der Waals surface area contributed by atoms with E-state index in [-0.39, 0.29) is 0 Å². The highest BCUT2D eigenvalue weighted by Gasteiger charge is 2.32. The smallest absolute Gasteiger partial charge is 0.403 e. The highest BCUT2D eigenvalue weighted by atomic mass is 19.4. The zero-order valence-corrected chi connectivity index (χ0v) is 9.70.